The molecule has 0 saturated carbocycles. The first-order chi connectivity index (χ1) is 13.8. The van der Waals surface area contributed by atoms with Crippen molar-refractivity contribution in [3.05, 3.63) is 41.3 Å². The monoisotopic (exact) mass is 407 g/mol. The number of anilines is 1. The molecule has 0 bridgehead atoms. The Morgan fingerprint density at radius 2 is 2.14 bits per heavy atom. The van der Waals surface area contributed by atoms with Gasteiger partial charge < -0.3 is 10.2 Å². The lowest BCUT2D eigenvalue weighted by atomic mass is 10.0. The number of likely N-dealkylation sites (tertiary alicyclic amines) is 1. The molecule has 1 N–H and O–H groups in total. The second-order valence-corrected chi connectivity index (χ2v) is 7.79. The Morgan fingerprint density at radius 3 is 2.79 bits per heavy atom. The van der Waals surface area contributed by atoms with Crippen LogP contribution in [0.1, 0.15) is 66.4 Å². The molecule has 3 atom stereocenters. The Labute approximate surface area is 167 Å². The van der Waals surface area contributed by atoms with E-state index in [1.165, 1.54) is 0 Å². The van der Waals surface area contributed by atoms with Crippen molar-refractivity contribution >= 4 is 11.7 Å². The number of rotatable bonds is 3. The third-order valence-electron chi connectivity index (χ3n) is 5.79. The normalized spacial score (nSPS) is 24.3. The van der Waals surface area contributed by atoms with Gasteiger partial charge in [-0.3, -0.25) is 9.78 Å². The molecule has 2 aliphatic heterocycles. The molecule has 0 unspecified atom stereocenters. The van der Waals surface area contributed by atoms with Gasteiger partial charge in [-0.05, 0) is 44.7 Å². The fourth-order valence-electron chi connectivity index (χ4n) is 4.18. The van der Waals surface area contributed by atoms with Gasteiger partial charge >= 0.3 is 6.18 Å². The molecule has 0 radical (unpaired) electrons. The summed E-state index contributed by atoms with van der Waals surface area (Å²) in [6, 6.07) is 2.94. The van der Waals surface area contributed by atoms with E-state index in [0.717, 1.165) is 16.8 Å². The van der Waals surface area contributed by atoms with Crippen LogP contribution in [0.2, 0.25) is 0 Å². The van der Waals surface area contributed by atoms with Crippen molar-refractivity contribution in [2.45, 2.75) is 63.8 Å². The second kappa shape index (κ2) is 7.35. The van der Waals surface area contributed by atoms with Crippen molar-refractivity contribution in [2.24, 2.45) is 0 Å². The molecule has 156 valence electrons. The molecule has 2 aromatic heterocycles. The summed E-state index contributed by atoms with van der Waals surface area (Å²) in [6.45, 7) is 4.26. The van der Waals surface area contributed by atoms with E-state index >= 15 is 0 Å². The van der Waals surface area contributed by atoms with Crippen molar-refractivity contribution in [2.75, 3.05) is 11.9 Å². The Bertz CT molecular complexity index is 893. The van der Waals surface area contributed by atoms with Gasteiger partial charge in [-0.25, -0.2) is 4.68 Å². The molecular formula is C20H24F3N5O. The van der Waals surface area contributed by atoms with E-state index in [0.29, 0.717) is 36.5 Å². The Hall–Kier alpha value is -2.58. The highest BCUT2D eigenvalue weighted by molar-refractivity contribution is 5.94. The average Bonchev–Trinajstić information content (AvgIpc) is 3.32. The number of pyridine rings is 1. The number of carbonyl (C=O) groups is 1. The second-order valence-electron chi connectivity index (χ2n) is 7.79. The van der Waals surface area contributed by atoms with Crippen LogP contribution < -0.4 is 5.32 Å². The number of aryl methyl sites for hydroxylation is 1. The molecule has 0 aromatic carbocycles. The molecule has 2 aliphatic rings. The predicted molar refractivity (Wildman–Crippen MR) is 102 cm³/mol. The van der Waals surface area contributed by atoms with Gasteiger partial charge in [-0.15, -0.1) is 0 Å². The van der Waals surface area contributed by atoms with Gasteiger partial charge in [-0.1, -0.05) is 6.92 Å². The van der Waals surface area contributed by atoms with Crippen molar-refractivity contribution in [1.82, 2.24) is 19.7 Å². The summed E-state index contributed by atoms with van der Waals surface area (Å²) in [6.07, 6.45) is -0.816. The van der Waals surface area contributed by atoms with Crippen LogP contribution in [-0.4, -0.2) is 44.3 Å². The number of hydrogen-bond acceptors (Lipinski definition) is 4. The van der Waals surface area contributed by atoms with Crippen LogP contribution in [0.15, 0.2) is 24.4 Å². The first-order valence-electron chi connectivity index (χ1n) is 9.94. The van der Waals surface area contributed by atoms with Gasteiger partial charge in [0.05, 0.1) is 17.3 Å². The topological polar surface area (TPSA) is 63.1 Å². The van der Waals surface area contributed by atoms with Gasteiger partial charge in [0.1, 0.15) is 5.82 Å². The number of fused-ring (bicyclic) bond motifs is 1. The van der Waals surface area contributed by atoms with E-state index in [9.17, 15) is 18.0 Å². The van der Waals surface area contributed by atoms with E-state index in [1.54, 1.807) is 29.3 Å². The maximum absolute atomic E-state index is 13.6. The third kappa shape index (κ3) is 3.70. The molecule has 1 saturated heterocycles. The molecule has 0 aliphatic carbocycles. The highest BCUT2D eigenvalue weighted by Gasteiger charge is 2.46. The number of hydrogen-bond donors (Lipinski definition) is 1. The minimum atomic E-state index is -4.37. The molecule has 1 fully saturated rings. The smallest absolute Gasteiger partial charge is 0.367 e. The Morgan fingerprint density at radius 1 is 1.34 bits per heavy atom. The number of carbonyl (C=O) groups excluding carboxylic acids is 1. The predicted octanol–water partition coefficient (Wildman–Crippen LogP) is 4.26. The molecule has 9 heteroatoms. The first kappa shape index (κ1) is 19.7. The average molecular weight is 407 g/mol. The quantitative estimate of drug-likeness (QED) is 0.826. The minimum Gasteiger partial charge on any atom is -0.367 e. The van der Waals surface area contributed by atoms with Crippen LogP contribution in [0.3, 0.4) is 0 Å². The summed E-state index contributed by atoms with van der Waals surface area (Å²) in [4.78, 5) is 18.8. The molecule has 2 aromatic rings. The number of nitrogens with one attached hydrogen (secondary N) is 1. The summed E-state index contributed by atoms with van der Waals surface area (Å²) >= 11 is 0. The third-order valence-corrected chi connectivity index (χ3v) is 5.79. The van der Waals surface area contributed by atoms with Crippen LogP contribution in [0, 0.1) is 6.92 Å². The first-order valence-corrected chi connectivity index (χ1v) is 9.94. The maximum Gasteiger partial charge on any atom is 0.410 e. The van der Waals surface area contributed by atoms with E-state index in [2.05, 4.69) is 15.4 Å². The number of amides is 1. The standard InChI is InChI=1S/C20H24F3N5O/c1-3-14-9-17(20(21,22)23)28-18(25-14)10-15(26-28)16-5-4-8-27(16)19(29)13-7-6-12(2)24-11-13/h6-7,10-11,14,16-17,25H,3-5,8-9H2,1-2H3/t14-,16+,17-/m1/s1. The summed E-state index contributed by atoms with van der Waals surface area (Å²) in [7, 11) is 0. The summed E-state index contributed by atoms with van der Waals surface area (Å²) in [5.41, 5.74) is 1.80. The fraction of sp³-hybridized carbons (Fsp3) is 0.550. The molecular weight excluding hydrogens is 383 g/mol. The number of halogens is 3. The lowest BCUT2D eigenvalue weighted by Crippen LogP contribution is -2.39. The summed E-state index contributed by atoms with van der Waals surface area (Å²) in [5, 5.41) is 7.48. The maximum atomic E-state index is 13.6. The number of alkyl halides is 3. The van der Waals surface area contributed by atoms with Gasteiger partial charge in [0, 0.05) is 30.5 Å². The molecule has 4 heterocycles. The van der Waals surface area contributed by atoms with Crippen LogP contribution in [0.5, 0.6) is 0 Å². The van der Waals surface area contributed by atoms with Crippen LogP contribution >= 0.6 is 0 Å². The molecule has 6 nitrogen and oxygen atoms in total. The van der Waals surface area contributed by atoms with Crippen LogP contribution in [0.25, 0.3) is 0 Å². The lowest BCUT2D eigenvalue weighted by Gasteiger charge is -2.32. The van der Waals surface area contributed by atoms with Crippen molar-refractivity contribution in [1.29, 1.82) is 0 Å². The highest BCUT2D eigenvalue weighted by Crippen LogP contribution is 2.42. The largest absolute Gasteiger partial charge is 0.410 e. The Balaban J connectivity index is 1.64. The highest BCUT2D eigenvalue weighted by atomic mass is 19.4. The summed E-state index contributed by atoms with van der Waals surface area (Å²) in [5.74, 6) is 0.203. The minimum absolute atomic E-state index is 0.0452. The molecule has 1 amide bonds. The number of aromatic nitrogens is 3. The van der Waals surface area contributed by atoms with Gasteiger partial charge in [0.25, 0.3) is 5.91 Å². The zero-order chi connectivity index (χ0) is 20.8. The zero-order valence-electron chi connectivity index (χ0n) is 16.4. The van der Waals surface area contributed by atoms with Crippen LogP contribution in [-0.2, 0) is 0 Å². The van der Waals surface area contributed by atoms with Crippen molar-refractivity contribution in [3.8, 4) is 0 Å². The zero-order valence-corrected chi connectivity index (χ0v) is 16.4. The fourth-order valence-corrected chi connectivity index (χ4v) is 4.18. The molecule has 4 rings (SSSR count). The van der Waals surface area contributed by atoms with Gasteiger partial charge in [0.15, 0.2) is 6.04 Å². The molecule has 0 spiro atoms. The molecule has 29 heavy (non-hydrogen) atoms. The lowest BCUT2D eigenvalue weighted by molar-refractivity contribution is -0.173. The van der Waals surface area contributed by atoms with E-state index in [1.807, 2.05) is 13.8 Å². The van der Waals surface area contributed by atoms with Crippen molar-refractivity contribution in [3.63, 3.8) is 0 Å². The van der Waals surface area contributed by atoms with E-state index < -0.39 is 12.2 Å². The SMILES string of the molecule is CC[C@@H]1C[C@H](C(F)(F)F)n2nc([C@@H]3CCCN3C(=O)c3ccc(C)nc3)cc2N1. The number of nitrogens with zero attached hydrogens (tertiary/aromatic N) is 4. The van der Waals surface area contributed by atoms with E-state index in [-0.39, 0.29) is 24.4 Å². The van der Waals surface area contributed by atoms with Gasteiger partial charge in [0.2, 0.25) is 0 Å². The Kier molecular flexibility index (Phi) is 5.00. The van der Waals surface area contributed by atoms with Gasteiger partial charge in [-0.2, -0.15) is 18.3 Å². The summed E-state index contributed by atoms with van der Waals surface area (Å²) < 4.78 is 41.9. The van der Waals surface area contributed by atoms with E-state index in [4.69, 9.17) is 0 Å². The van der Waals surface area contributed by atoms with Crippen molar-refractivity contribution < 1.29 is 18.0 Å². The van der Waals surface area contributed by atoms with Crippen LogP contribution in [0.4, 0.5) is 19.0 Å².